The summed E-state index contributed by atoms with van der Waals surface area (Å²) < 4.78 is 19.1. The van der Waals surface area contributed by atoms with Crippen molar-refractivity contribution in [3.8, 4) is 17.1 Å². The van der Waals surface area contributed by atoms with Gasteiger partial charge in [-0.25, -0.2) is 4.39 Å². The van der Waals surface area contributed by atoms with E-state index in [1.807, 2.05) is 24.3 Å². The zero-order valence-corrected chi connectivity index (χ0v) is 13.9. The van der Waals surface area contributed by atoms with Crippen molar-refractivity contribution in [3.63, 3.8) is 0 Å². The average Bonchev–Trinajstić information content (AvgIpc) is 3.02. The Morgan fingerprint density at radius 1 is 1.25 bits per heavy atom. The van der Waals surface area contributed by atoms with Crippen molar-refractivity contribution in [2.45, 2.75) is 0 Å². The van der Waals surface area contributed by atoms with Crippen LogP contribution in [0, 0.1) is 5.82 Å². The molecule has 1 heterocycles. The van der Waals surface area contributed by atoms with E-state index in [9.17, 15) is 9.18 Å². The smallest absolute Gasteiger partial charge is 0.264 e. The van der Waals surface area contributed by atoms with E-state index >= 15 is 0 Å². The zero-order valence-electron chi connectivity index (χ0n) is 12.3. The molecule has 0 aliphatic rings. The molecule has 3 rings (SSSR count). The number of H-pyrrole nitrogens is 1. The Bertz CT molecular complexity index is 869. The number of halogens is 2. The molecule has 24 heavy (non-hydrogen) atoms. The van der Waals surface area contributed by atoms with Gasteiger partial charge in [-0.1, -0.05) is 40.2 Å². The van der Waals surface area contributed by atoms with Crippen LogP contribution in [0.25, 0.3) is 11.4 Å². The van der Waals surface area contributed by atoms with Gasteiger partial charge in [-0.3, -0.25) is 15.2 Å². The summed E-state index contributed by atoms with van der Waals surface area (Å²) in [7, 11) is 0. The van der Waals surface area contributed by atoms with Crippen LogP contribution in [0.2, 0.25) is 0 Å². The van der Waals surface area contributed by atoms with E-state index < -0.39 is 11.7 Å². The Kier molecular flexibility index (Phi) is 4.85. The van der Waals surface area contributed by atoms with Crippen LogP contribution in [0.15, 0.2) is 53.0 Å². The summed E-state index contributed by atoms with van der Waals surface area (Å²) in [6.45, 7) is -0.275. The van der Waals surface area contributed by atoms with E-state index in [0.717, 1.165) is 10.0 Å². The van der Waals surface area contributed by atoms with Gasteiger partial charge < -0.3 is 4.74 Å². The molecule has 0 unspecified atom stereocenters. The van der Waals surface area contributed by atoms with Gasteiger partial charge in [0.2, 0.25) is 5.95 Å². The number of aromatic nitrogens is 3. The normalized spacial score (nSPS) is 10.4. The number of ether oxygens (including phenoxy) is 1. The van der Waals surface area contributed by atoms with Crippen molar-refractivity contribution in [2.24, 2.45) is 0 Å². The third-order valence-electron chi connectivity index (χ3n) is 3.03. The number of benzene rings is 2. The second-order valence-electron chi connectivity index (χ2n) is 4.78. The summed E-state index contributed by atoms with van der Waals surface area (Å²) in [5.41, 5.74) is 0.821. The number of carbonyl (C=O) groups is 1. The Morgan fingerprint density at radius 3 is 2.88 bits per heavy atom. The summed E-state index contributed by atoms with van der Waals surface area (Å²) >= 11 is 3.42. The minimum absolute atomic E-state index is 0.133. The highest BCUT2D eigenvalue weighted by Crippen LogP contribution is 2.25. The van der Waals surface area contributed by atoms with Crippen molar-refractivity contribution < 1.29 is 13.9 Å². The van der Waals surface area contributed by atoms with Gasteiger partial charge in [0.05, 0.1) is 0 Å². The van der Waals surface area contributed by atoms with Gasteiger partial charge in [-0.15, -0.1) is 5.10 Å². The van der Waals surface area contributed by atoms with Gasteiger partial charge >= 0.3 is 0 Å². The molecule has 0 radical (unpaired) electrons. The summed E-state index contributed by atoms with van der Waals surface area (Å²) in [4.78, 5) is 16.1. The second-order valence-corrected chi connectivity index (χ2v) is 5.64. The monoisotopic (exact) mass is 390 g/mol. The van der Waals surface area contributed by atoms with Crippen molar-refractivity contribution in [3.05, 3.63) is 58.8 Å². The van der Waals surface area contributed by atoms with E-state index in [2.05, 4.69) is 36.4 Å². The molecule has 8 heteroatoms. The van der Waals surface area contributed by atoms with E-state index in [1.54, 1.807) is 6.07 Å². The molecule has 0 spiro atoms. The molecule has 0 saturated heterocycles. The number of aromatic amines is 1. The first-order valence-corrected chi connectivity index (χ1v) is 7.76. The maximum atomic E-state index is 13.0. The van der Waals surface area contributed by atoms with E-state index in [4.69, 9.17) is 4.74 Å². The molecule has 1 amide bonds. The van der Waals surface area contributed by atoms with Crippen molar-refractivity contribution in [2.75, 3.05) is 11.9 Å². The number of nitrogens with one attached hydrogen (secondary N) is 2. The fraction of sp³-hybridized carbons (Fsp3) is 0.0625. The SMILES string of the molecule is O=C(COc1cccc(F)c1)Nc1n[nH]c(-c2ccccc2Br)n1. The van der Waals surface area contributed by atoms with Gasteiger partial charge in [0.1, 0.15) is 11.6 Å². The zero-order chi connectivity index (χ0) is 16.9. The molecule has 0 aliphatic carbocycles. The van der Waals surface area contributed by atoms with Crippen LogP contribution >= 0.6 is 15.9 Å². The highest BCUT2D eigenvalue weighted by Gasteiger charge is 2.11. The number of hydrogen-bond donors (Lipinski definition) is 2. The van der Waals surface area contributed by atoms with Crippen LogP contribution < -0.4 is 10.1 Å². The second kappa shape index (κ2) is 7.22. The van der Waals surface area contributed by atoms with Crippen LogP contribution in [-0.2, 0) is 4.79 Å². The van der Waals surface area contributed by atoms with Crippen LogP contribution in [0.5, 0.6) is 5.75 Å². The highest BCUT2D eigenvalue weighted by molar-refractivity contribution is 9.10. The van der Waals surface area contributed by atoms with Gasteiger partial charge in [0.25, 0.3) is 5.91 Å². The molecule has 0 fully saturated rings. The number of nitrogens with zero attached hydrogens (tertiary/aromatic N) is 2. The number of carbonyl (C=O) groups excluding carboxylic acids is 1. The van der Waals surface area contributed by atoms with Gasteiger partial charge in [-0.2, -0.15) is 4.98 Å². The summed E-state index contributed by atoms with van der Waals surface area (Å²) in [5.74, 6) is 0.0448. The lowest BCUT2D eigenvalue weighted by atomic mass is 10.2. The third-order valence-corrected chi connectivity index (χ3v) is 3.72. The lowest BCUT2D eigenvalue weighted by Gasteiger charge is -2.05. The molecule has 3 aromatic rings. The van der Waals surface area contributed by atoms with Gasteiger partial charge in [0, 0.05) is 16.1 Å². The van der Waals surface area contributed by atoms with Crippen molar-refractivity contribution in [1.29, 1.82) is 0 Å². The quantitative estimate of drug-likeness (QED) is 0.699. The topological polar surface area (TPSA) is 79.9 Å². The fourth-order valence-electron chi connectivity index (χ4n) is 1.96. The Hall–Kier alpha value is -2.74. The van der Waals surface area contributed by atoms with Crippen molar-refractivity contribution in [1.82, 2.24) is 15.2 Å². The maximum Gasteiger partial charge on any atom is 0.264 e. The number of amides is 1. The van der Waals surface area contributed by atoms with E-state index in [0.29, 0.717) is 5.82 Å². The molecule has 2 N–H and O–H groups in total. The van der Waals surface area contributed by atoms with Gasteiger partial charge in [0.15, 0.2) is 12.4 Å². The molecule has 0 atom stereocenters. The van der Waals surface area contributed by atoms with Crippen LogP contribution in [-0.4, -0.2) is 27.7 Å². The third kappa shape index (κ3) is 3.96. The number of rotatable bonds is 5. The maximum absolute atomic E-state index is 13.0. The first-order chi connectivity index (χ1) is 11.6. The minimum Gasteiger partial charge on any atom is -0.484 e. The van der Waals surface area contributed by atoms with Crippen LogP contribution in [0.4, 0.5) is 10.3 Å². The highest BCUT2D eigenvalue weighted by atomic mass is 79.9. The van der Waals surface area contributed by atoms with Crippen LogP contribution in [0.1, 0.15) is 0 Å². The lowest BCUT2D eigenvalue weighted by Crippen LogP contribution is -2.20. The fourth-order valence-corrected chi connectivity index (χ4v) is 2.43. The Labute approximate surface area is 145 Å². The molecule has 0 aliphatic heterocycles. The predicted molar refractivity (Wildman–Crippen MR) is 90.0 cm³/mol. The molecule has 0 saturated carbocycles. The lowest BCUT2D eigenvalue weighted by molar-refractivity contribution is -0.118. The number of hydrogen-bond acceptors (Lipinski definition) is 4. The Balaban J connectivity index is 1.60. The van der Waals surface area contributed by atoms with Crippen LogP contribution in [0.3, 0.4) is 0 Å². The molecule has 1 aromatic heterocycles. The van der Waals surface area contributed by atoms with E-state index in [1.165, 1.54) is 18.2 Å². The van der Waals surface area contributed by atoms with Gasteiger partial charge in [-0.05, 0) is 18.2 Å². The molecule has 2 aromatic carbocycles. The molecule has 122 valence electrons. The predicted octanol–water partition coefficient (Wildman–Crippen LogP) is 3.39. The summed E-state index contributed by atoms with van der Waals surface area (Å²) in [6.07, 6.45) is 0. The summed E-state index contributed by atoms with van der Waals surface area (Å²) in [5, 5.41) is 9.20. The largest absolute Gasteiger partial charge is 0.484 e. The first kappa shape index (κ1) is 16.1. The molecule has 0 bridgehead atoms. The average molecular weight is 391 g/mol. The Morgan fingerprint density at radius 2 is 2.08 bits per heavy atom. The van der Waals surface area contributed by atoms with Crippen molar-refractivity contribution >= 4 is 27.8 Å². The van der Waals surface area contributed by atoms with E-state index in [-0.39, 0.29) is 18.3 Å². The molecule has 6 nitrogen and oxygen atoms in total. The summed E-state index contributed by atoms with van der Waals surface area (Å²) in [6, 6.07) is 13.1. The molecular formula is C16H12BrFN4O2. The standard InChI is InChI=1S/C16H12BrFN4O2/c17-13-7-2-1-6-12(13)15-20-16(22-21-15)19-14(23)9-24-11-5-3-4-10(18)8-11/h1-8H,9H2,(H2,19,20,21,22,23). The number of anilines is 1. The molecular weight excluding hydrogens is 379 g/mol. The first-order valence-electron chi connectivity index (χ1n) is 6.97. The minimum atomic E-state index is -0.447.